The minimum Gasteiger partial charge on any atom is -0.304 e. The van der Waals surface area contributed by atoms with E-state index >= 15 is 0 Å². The average molecular weight is 353 g/mol. The Balaban J connectivity index is 2.08. The molecular formula is C19H16FN3OS. The van der Waals surface area contributed by atoms with Crippen LogP contribution in [0.15, 0.2) is 42.6 Å². The molecule has 0 radical (unpaired) electrons. The van der Waals surface area contributed by atoms with Gasteiger partial charge in [0, 0.05) is 23.7 Å². The van der Waals surface area contributed by atoms with Gasteiger partial charge in [-0.1, -0.05) is 12.1 Å². The third-order valence-corrected chi connectivity index (χ3v) is 5.11. The van der Waals surface area contributed by atoms with Crippen molar-refractivity contribution in [1.29, 1.82) is 5.41 Å². The predicted octanol–water partition coefficient (Wildman–Crippen LogP) is 3.88. The molecule has 25 heavy (non-hydrogen) atoms. The Kier molecular flexibility index (Phi) is 3.94. The first kappa shape index (κ1) is 16.1. The van der Waals surface area contributed by atoms with E-state index in [1.807, 2.05) is 18.4 Å². The number of benzene rings is 2. The molecule has 2 N–H and O–H groups in total. The van der Waals surface area contributed by atoms with Crippen LogP contribution >= 0.6 is 11.8 Å². The minimum absolute atomic E-state index is 0.00934. The highest BCUT2D eigenvalue weighted by Gasteiger charge is 2.23. The Hall–Kier alpha value is -2.44. The zero-order chi connectivity index (χ0) is 17.6. The van der Waals surface area contributed by atoms with Gasteiger partial charge in [-0.15, -0.1) is 11.8 Å². The number of hydrogen-bond donors (Lipinski definition) is 2. The lowest BCUT2D eigenvalue weighted by Crippen LogP contribution is -2.23. The van der Waals surface area contributed by atoms with E-state index in [-0.39, 0.29) is 18.3 Å². The molecule has 0 atom stereocenters. The number of nitrogens with one attached hydrogen (secondary N) is 2. The zero-order valence-corrected chi connectivity index (χ0v) is 14.4. The van der Waals surface area contributed by atoms with Crippen molar-refractivity contribution in [1.82, 2.24) is 9.88 Å². The molecule has 4 rings (SSSR count). The van der Waals surface area contributed by atoms with Gasteiger partial charge in [0.1, 0.15) is 5.82 Å². The molecule has 0 fully saturated rings. The fourth-order valence-electron chi connectivity index (χ4n) is 3.36. The van der Waals surface area contributed by atoms with Gasteiger partial charge in [-0.25, -0.2) is 4.39 Å². The summed E-state index contributed by atoms with van der Waals surface area (Å²) in [5, 5.41) is 12.9. The van der Waals surface area contributed by atoms with E-state index in [1.54, 1.807) is 22.9 Å². The number of thioether (sulfide) groups is 1. The Bertz CT molecular complexity index is 1010. The van der Waals surface area contributed by atoms with Crippen molar-refractivity contribution in [3.05, 3.63) is 59.5 Å². The van der Waals surface area contributed by atoms with E-state index < -0.39 is 0 Å². The molecule has 2 heterocycles. The van der Waals surface area contributed by atoms with Gasteiger partial charge in [-0.3, -0.25) is 14.8 Å². The first-order chi connectivity index (χ1) is 12.1. The fraction of sp³-hybridized carbons (Fsp3) is 0.158. The Morgan fingerprint density at radius 1 is 1.24 bits per heavy atom. The van der Waals surface area contributed by atoms with E-state index in [9.17, 15) is 9.18 Å². The highest BCUT2D eigenvalue weighted by Crippen LogP contribution is 2.36. The summed E-state index contributed by atoms with van der Waals surface area (Å²) in [5.41, 5.74) is 4.39. The van der Waals surface area contributed by atoms with Crippen LogP contribution in [0.3, 0.4) is 0 Å². The lowest BCUT2D eigenvalue weighted by molar-refractivity contribution is 0.0920. The topological polar surface area (TPSA) is 57.9 Å². The van der Waals surface area contributed by atoms with Crippen molar-refractivity contribution >= 4 is 33.6 Å². The van der Waals surface area contributed by atoms with Crippen LogP contribution in [0.1, 0.15) is 15.9 Å². The standard InChI is InChI=1S/C19H16FN3OS/c1-25-19(21)17-14-6-7-23-16(24)10-22-9-12(18(14)23)8-15(17)11-2-4-13(20)5-3-11/h2-8,21-22H,9-10H2,1H3. The van der Waals surface area contributed by atoms with E-state index in [0.717, 1.165) is 33.2 Å². The molecule has 0 saturated heterocycles. The van der Waals surface area contributed by atoms with Gasteiger partial charge in [-0.2, -0.15) is 0 Å². The Morgan fingerprint density at radius 2 is 2.00 bits per heavy atom. The minimum atomic E-state index is -0.289. The summed E-state index contributed by atoms with van der Waals surface area (Å²) < 4.78 is 15.0. The lowest BCUT2D eigenvalue weighted by Gasteiger charge is -2.15. The molecule has 0 saturated carbocycles. The van der Waals surface area contributed by atoms with E-state index in [2.05, 4.69) is 5.32 Å². The van der Waals surface area contributed by atoms with Gasteiger partial charge in [0.05, 0.1) is 17.1 Å². The number of carbonyl (C=O) groups excluding carboxylic acids is 1. The molecule has 6 heteroatoms. The molecule has 0 amide bonds. The third-order valence-electron chi connectivity index (χ3n) is 4.49. The SMILES string of the molecule is CSC(=N)c1c(-c2ccc(F)cc2)cc2c3c1ccn3C(=O)CNC2. The molecule has 1 aromatic heterocycles. The van der Waals surface area contributed by atoms with Gasteiger partial charge < -0.3 is 5.32 Å². The van der Waals surface area contributed by atoms with E-state index in [4.69, 9.17) is 5.41 Å². The highest BCUT2D eigenvalue weighted by molar-refractivity contribution is 8.13. The number of hydrogen-bond acceptors (Lipinski definition) is 4. The fourth-order valence-corrected chi connectivity index (χ4v) is 3.78. The Morgan fingerprint density at radius 3 is 2.72 bits per heavy atom. The maximum Gasteiger partial charge on any atom is 0.245 e. The smallest absolute Gasteiger partial charge is 0.245 e. The van der Waals surface area contributed by atoms with Crippen LogP contribution in [0, 0.1) is 11.2 Å². The maximum absolute atomic E-state index is 13.3. The summed E-state index contributed by atoms with van der Waals surface area (Å²) in [6.07, 6.45) is 3.63. The second-order valence-corrected chi connectivity index (χ2v) is 6.76. The van der Waals surface area contributed by atoms with Crippen molar-refractivity contribution < 1.29 is 9.18 Å². The molecule has 1 aliphatic heterocycles. The lowest BCUT2D eigenvalue weighted by atomic mass is 9.94. The summed E-state index contributed by atoms with van der Waals surface area (Å²) in [5.74, 6) is -0.298. The molecule has 0 aliphatic carbocycles. The van der Waals surface area contributed by atoms with Crippen LogP contribution in [-0.2, 0) is 6.54 Å². The number of carbonyl (C=O) groups is 1. The molecular weight excluding hydrogens is 337 g/mol. The van der Waals surface area contributed by atoms with E-state index in [0.29, 0.717) is 11.6 Å². The molecule has 3 aromatic rings. The first-order valence-electron chi connectivity index (χ1n) is 7.90. The molecule has 1 aliphatic rings. The summed E-state index contributed by atoms with van der Waals surface area (Å²) in [7, 11) is 0. The van der Waals surface area contributed by atoms with Gasteiger partial charge >= 0.3 is 0 Å². The van der Waals surface area contributed by atoms with Crippen molar-refractivity contribution in [2.75, 3.05) is 12.8 Å². The summed E-state index contributed by atoms with van der Waals surface area (Å²) in [6, 6.07) is 10.2. The number of nitrogens with zero attached hydrogens (tertiary/aromatic N) is 1. The zero-order valence-electron chi connectivity index (χ0n) is 13.6. The quantitative estimate of drug-likeness (QED) is 0.543. The summed E-state index contributed by atoms with van der Waals surface area (Å²) >= 11 is 1.35. The van der Waals surface area contributed by atoms with Crippen LogP contribution < -0.4 is 5.32 Å². The summed E-state index contributed by atoms with van der Waals surface area (Å²) in [4.78, 5) is 12.3. The molecule has 4 nitrogen and oxygen atoms in total. The molecule has 0 bridgehead atoms. The van der Waals surface area contributed by atoms with Crippen LogP contribution in [0.2, 0.25) is 0 Å². The average Bonchev–Trinajstić information content (AvgIpc) is 2.99. The molecule has 126 valence electrons. The van der Waals surface area contributed by atoms with Crippen molar-refractivity contribution in [3.63, 3.8) is 0 Å². The summed E-state index contributed by atoms with van der Waals surface area (Å²) in [6.45, 7) is 0.854. The number of halogens is 1. The van der Waals surface area contributed by atoms with Crippen LogP contribution in [0.25, 0.3) is 22.0 Å². The monoisotopic (exact) mass is 353 g/mol. The van der Waals surface area contributed by atoms with Crippen LogP contribution in [0.4, 0.5) is 4.39 Å². The van der Waals surface area contributed by atoms with E-state index in [1.165, 1.54) is 23.9 Å². The Labute approximate surface area is 148 Å². The first-order valence-corrected chi connectivity index (χ1v) is 9.12. The van der Waals surface area contributed by atoms with Gasteiger partial charge in [0.2, 0.25) is 5.91 Å². The second kappa shape index (κ2) is 6.13. The normalized spacial score (nSPS) is 13.9. The number of rotatable bonds is 2. The largest absolute Gasteiger partial charge is 0.304 e. The third kappa shape index (κ3) is 2.58. The molecule has 0 spiro atoms. The van der Waals surface area contributed by atoms with Gasteiger partial charge in [0.25, 0.3) is 0 Å². The highest BCUT2D eigenvalue weighted by atomic mass is 32.2. The van der Waals surface area contributed by atoms with Gasteiger partial charge in [0.15, 0.2) is 0 Å². The van der Waals surface area contributed by atoms with Gasteiger partial charge in [-0.05, 0) is 47.2 Å². The number of aromatic nitrogens is 1. The molecule has 0 unspecified atom stereocenters. The molecule has 2 aromatic carbocycles. The van der Waals surface area contributed by atoms with Crippen molar-refractivity contribution in [2.24, 2.45) is 0 Å². The second-order valence-electron chi connectivity index (χ2n) is 5.94. The van der Waals surface area contributed by atoms with Crippen molar-refractivity contribution in [2.45, 2.75) is 6.54 Å². The van der Waals surface area contributed by atoms with Crippen LogP contribution in [-0.4, -0.2) is 28.3 Å². The maximum atomic E-state index is 13.3. The van der Waals surface area contributed by atoms with Crippen molar-refractivity contribution in [3.8, 4) is 11.1 Å². The van der Waals surface area contributed by atoms with Crippen LogP contribution in [0.5, 0.6) is 0 Å². The predicted molar refractivity (Wildman–Crippen MR) is 100 cm³/mol.